The van der Waals surface area contributed by atoms with Gasteiger partial charge in [-0.15, -0.1) is 0 Å². The number of benzene rings is 1. The number of hydrogen-bond acceptors (Lipinski definition) is 6. The fourth-order valence-electron chi connectivity index (χ4n) is 5.93. The second kappa shape index (κ2) is 17.2. The molecule has 1 aliphatic rings. The zero-order valence-electron chi connectivity index (χ0n) is 26.4. The quantitative estimate of drug-likeness (QED) is 0.240. The van der Waals surface area contributed by atoms with E-state index >= 15 is 0 Å². The first-order valence-electron chi connectivity index (χ1n) is 15.3. The van der Waals surface area contributed by atoms with Gasteiger partial charge in [0.15, 0.2) is 0 Å². The zero-order valence-corrected chi connectivity index (χ0v) is 26.4. The molecule has 3 N–H and O–H groups in total. The van der Waals surface area contributed by atoms with Crippen molar-refractivity contribution in [2.24, 2.45) is 11.8 Å². The Bertz CT molecular complexity index is 1010. The molecule has 4 amide bonds. The number of nitrogens with zero attached hydrogens (tertiary/aromatic N) is 2. The van der Waals surface area contributed by atoms with E-state index in [1.807, 2.05) is 49.1 Å². The van der Waals surface area contributed by atoms with Gasteiger partial charge in [-0.2, -0.15) is 0 Å². The molecule has 0 radical (unpaired) electrons. The number of likely N-dealkylation sites (N-methyl/N-ethyl adjacent to an activating group) is 1. The molecule has 1 unspecified atom stereocenters. The number of carbonyl (C=O) groups excluding carboxylic acids is 4. The number of rotatable bonds is 17. The number of methoxy groups -OCH3 is 1. The number of ether oxygens (including phenoxy) is 1. The van der Waals surface area contributed by atoms with Crippen molar-refractivity contribution < 1.29 is 29.0 Å². The molecule has 1 saturated heterocycles. The van der Waals surface area contributed by atoms with Crippen LogP contribution in [0.15, 0.2) is 30.3 Å². The van der Waals surface area contributed by atoms with Gasteiger partial charge in [0.2, 0.25) is 24.1 Å². The second-order valence-corrected chi connectivity index (χ2v) is 11.9. The van der Waals surface area contributed by atoms with Crippen molar-refractivity contribution in [1.29, 1.82) is 0 Å². The molecule has 236 valence electrons. The highest BCUT2D eigenvalue weighted by Crippen LogP contribution is 2.27. The lowest BCUT2D eigenvalue weighted by atomic mass is 9.92. The first-order chi connectivity index (χ1) is 20.0. The molecular formula is C32H52N4O6. The van der Waals surface area contributed by atoms with E-state index in [2.05, 4.69) is 24.5 Å². The SMILES string of the molecule is CC[C@@H](C)[C@H](CCC(=O)N1CCC[C@@H]1[C@H](CC(=O)N[C@@H](C)[C@H](O)c1ccccc1)OC)N(C)C(=O)C(NC=O)C(C)C. The number of aliphatic hydroxyl groups excluding tert-OH is 1. The average Bonchev–Trinajstić information content (AvgIpc) is 3.47. The summed E-state index contributed by atoms with van der Waals surface area (Å²) < 4.78 is 5.73. The van der Waals surface area contributed by atoms with Crippen LogP contribution in [0.5, 0.6) is 0 Å². The maximum Gasteiger partial charge on any atom is 0.245 e. The van der Waals surface area contributed by atoms with Crippen molar-refractivity contribution in [3.05, 3.63) is 35.9 Å². The van der Waals surface area contributed by atoms with Crippen LogP contribution in [-0.4, -0.2) is 90.0 Å². The Morgan fingerprint density at radius 3 is 2.40 bits per heavy atom. The second-order valence-electron chi connectivity index (χ2n) is 11.9. The smallest absolute Gasteiger partial charge is 0.245 e. The molecule has 1 heterocycles. The highest BCUT2D eigenvalue weighted by molar-refractivity contribution is 5.84. The molecule has 2 rings (SSSR count). The summed E-state index contributed by atoms with van der Waals surface area (Å²) in [6, 6.07) is 7.68. The average molecular weight is 589 g/mol. The molecule has 0 saturated carbocycles. The highest BCUT2D eigenvalue weighted by atomic mass is 16.5. The van der Waals surface area contributed by atoms with Crippen LogP contribution in [-0.2, 0) is 23.9 Å². The van der Waals surface area contributed by atoms with E-state index in [-0.39, 0.29) is 54.5 Å². The van der Waals surface area contributed by atoms with E-state index in [4.69, 9.17) is 4.74 Å². The first kappa shape index (κ1) is 35.2. The minimum atomic E-state index is -0.839. The van der Waals surface area contributed by atoms with Crippen LogP contribution in [0, 0.1) is 11.8 Å². The molecule has 0 spiro atoms. The van der Waals surface area contributed by atoms with Crippen LogP contribution in [0.25, 0.3) is 0 Å². The highest BCUT2D eigenvalue weighted by Gasteiger charge is 2.37. The normalized spacial score (nSPS) is 19.4. The molecule has 42 heavy (non-hydrogen) atoms. The molecule has 1 fully saturated rings. The van der Waals surface area contributed by atoms with Gasteiger partial charge in [0.05, 0.1) is 30.7 Å². The Hall–Kier alpha value is -2.98. The van der Waals surface area contributed by atoms with Gasteiger partial charge in [0.25, 0.3) is 0 Å². The van der Waals surface area contributed by atoms with Crippen molar-refractivity contribution in [1.82, 2.24) is 20.4 Å². The van der Waals surface area contributed by atoms with Crippen LogP contribution < -0.4 is 10.6 Å². The first-order valence-corrected chi connectivity index (χ1v) is 15.3. The predicted molar refractivity (Wildman–Crippen MR) is 162 cm³/mol. The molecule has 0 aromatic heterocycles. The number of hydrogen-bond donors (Lipinski definition) is 3. The maximum absolute atomic E-state index is 13.5. The molecule has 10 heteroatoms. The number of aliphatic hydroxyl groups is 1. The third kappa shape index (κ3) is 9.52. The molecular weight excluding hydrogens is 536 g/mol. The van der Waals surface area contributed by atoms with E-state index < -0.39 is 24.3 Å². The van der Waals surface area contributed by atoms with Gasteiger partial charge in [0.1, 0.15) is 6.04 Å². The van der Waals surface area contributed by atoms with Crippen molar-refractivity contribution >= 4 is 24.1 Å². The van der Waals surface area contributed by atoms with Crippen LogP contribution in [0.4, 0.5) is 0 Å². The van der Waals surface area contributed by atoms with Gasteiger partial charge < -0.3 is 30.3 Å². The molecule has 1 aromatic rings. The standard InChI is InChI=1S/C32H52N4O6/c1-8-22(4)25(35(6)32(41)30(21(2)3)33-20-37)16-17-29(39)36-18-12-15-26(36)27(42-7)19-28(38)34-23(5)31(40)24-13-10-9-11-14-24/h9-11,13-14,20-23,25-27,30-31,40H,8,12,15-19H2,1-7H3,(H,33,37)(H,34,38)/t22-,23+,25+,26-,27+,30?,31+/m1/s1. The van der Waals surface area contributed by atoms with E-state index in [9.17, 15) is 24.3 Å². The van der Waals surface area contributed by atoms with E-state index in [1.54, 1.807) is 26.0 Å². The minimum Gasteiger partial charge on any atom is -0.386 e. The fraction of sp³-hybridized carbons (Fsp3) is 0.688. The third-order valence-corrected chi connectivity index (χ3v) is 8.72. The van der Waals surface area contributed by atoms with E-state index in [0.29, 0.717) is 19.4 Å². The zero-order chi connectivity index (χ0) is 31.4. The van der Waals surface area contributed by atoms with E-state index in [1.165, 1.54) is 0 Å². The Morgan fingerprint density at radius 1 is 1.17 bits per heavy atom. The lowest BCUT2D eigenvalue weighted by Crippen LogP contribution is -2.52. The summed E-state index contributed by atoms with van der Waals surface area (Å²) >= 11 is 0. The molecule has 1 aliphatic heterocycles. The van der Waals surface area contributed by atoms with Crippen molar-refractivity contribution in [3.63, 3.8) is 0 Å². The summed E-state index contributed by atoms with van der Waals surface area (Å²) in [6.07, 6.45) is 2.48. The summed E-state index contributed by atoms with van der Waals surface area (Å²) in [6.45, 7) is 10.3. The summed E-state index contributed by atoms with van der Waals surface area (Å²) in [5, 5.41) is 16.2. The summed E-state index contributed by atoms with van der Waals surface area (Å²) in [7, 11) is 3.30. The molecule has 1 aromatic carbocycles. The van der Waals surface area contributed by atoms with Gasteiger partial charge in [-0.05, 0) is 43.6 Å². The summed E-state index contributed by atoms with van der Waals surface area (Å²) in [5.74, 6) is -0.333. The topological polar surface area (TPSA) is 128 Å². The summed E-state index contributed by atoms with van der Waals surface area (Å²) in [4.78, 5) is 54.3. The maximum atomic E-state index is 13.5. The number of amides is 4. The summed E-state index contributed by atoms with van der Waals surface area (Å²) in [5.41, 5.74) is 0.726. The third-order valence-electron chi connectivity index (χ3n) is 8.72. The Morgan fingerprint density at radius 2 is 1.83 bits per heavy atom. The largest absolute Gasteiger partial charge is 0.386 e. The minimum absolute atomic E-state index is 0.0200. The van der Waals surface area contributed by atoms with Crippen LogP contribution in [0.2, 0.25) is 0 Å². The number of likely N-dealkylation sites (tertiary alicyclic amines) is 1. The molecule has 7 atom stereocenters. The molecule has 0 bridgehead atoms. The van der Waals surface area contributed by atoms with Crippen LogP contribution in [0.1, 0.15) is 84.8 Å². The van der Waals surface area contributed by atoms with Crippen molar-refractivity contribution in [2.75, 3.05) is 20.7 Å². The number of nitrogens with one attached hydrogen (secondary N) is 2. The van der Waals surface area contributed by atoms with Crippen molar-refractivity contribution in [2.45, 2.75) is 110 Å². The monoisotopic (exact) mass is 588 g/mol. The van der Waals surface area contributed by atoms with Gasteiger partial charge in [0, 0.05) is 33.2 Å². The van der Waals surface area contributed by atoms with Crippen molar-refractivity contribution in [3.8, 4) is 0 Å². The lowest BCUT2D eigenvalue weighted by Gasteiger charge is -2.36. The molecule has 0 aliphatic carbocycles. The van der Waals surface area contributed by atoms with Gasteiger partial charge in [-0.25, -0.2) is 0 Å². The predicted octanol–water partition coefficient (Wildman–Crippen LogP) is 3.04. The Kier molecular flexibility index (Phi) is 14.4. The van der Waals surface area contributed by atoms with E-state index in [0.717, 1.165) is 24.8 Å². The van der Waals surface area contributed by atoms with Gasteiger partial charge >= 0.3 is 0 Å². The van der Waals surface area contributed by atoms with Gasteiger partial charge in [-0.3, -0.25) is 19.2 Å². The lowest BCUT2D eigenvalue weighted by molar-refractivity contribution is -0.140. The Labute approximate surface area is 251 Å². The van der Waals surface area contributed by atoms with Gasteiger partial charge in [-0.1, -0.05) is 64.4 Å². The van der Waals surface area contributed by atoms with Crippen LogP contribution >= 0.6 is 0 Å². The Balaban J connectivity index is 2.03. The fourth-order valence-corrected chi connectivity index (χ4v) is 5.93. The molecule has 10 nitrogen and oxygen atoms in total. The van der Waals surface area contributed by atoms with Crippen LogP contribution in [0.3, 0.4) is 0 Å². The number of carbonyl (C=O) groups is 4.